The minimum Gasteiger partial charge on any atom is -0.382 e. The summed E-state index contributed by atoms with van der Waals surface area (Å²) in [5.74, 6) is 0.123. The maximum atomic E-state index is 16.0. The van der Waals surface area contributed by atoms with Crippen molar-refractivity contribution < 1.29 is 45.5 Å². The standard InChI is InChI=1S/C20H23BF2N10O8P2S/c21-42(34)36-1-7-14(10(23)20(38-7)33-6-31-12-16(25)27-4-29-18(12)33)41-43(35,44)37-2-8-13(40-42)9(22)19(39-8)32-5-30-11-15(24)26-3-28-17(11)32/h3-10,13-14,19-20H,1-2,21H2,(H,35,44)(H2,24,26,28)(H2,25,27,29)/t7-,8-,9-,10-,13-,14-,19-,20-,42-,43+/m1/s1. The molecule has 10 atom stereocenters. The second-order valence-corrected chi connectivity index (χ2v) is 15.0. The highest BCUT2D eigenvalue weighted by molar-refractivity contribution is 8.44. The lowest BCUT2D eigenvalue weighted by molar-refractivity contribution is -0.0546. The zero-order valence-electron chi connectivity index (χ0n) is 22.4. The summed E-state index contributed by atoms with van der Waals surface area (Å²) >= 11 is 4.01. The third-order valence-corrected chi connectivity index (χ3v) is 10.2. The predicted octanol–water partition coefficient (Wildman–Crippen LogP) is 0.898. The smallest absolute Gasteiger partial charge is 0.382 e. The first kappa shape index (κ1) is 29.9. The van der Waals surface area contributed by atoms with Gasteiger partial charge in [0, 0.05) is 0 Å². The normalized spacial score (nSPS) is 38.2. The number of anilines is 2. The third kappa shape index (κ3) is 5.17. The summed E-state index contributed by atoms with van der Waals surface area (Å²) in [5, 5.41) is 0. The molecule has 24 heteroatoms. The van der Waals surface area contributed by atoms with Gasteiger partial charge >= 0.3 is 6.80 Å². The molecule has 0 bridgehead atoms. The number of ether oxygens (including phenoxy) is 2. The second kappa shape index (κ2) is 10.9. The van der Waals surface area contributed by atoms with E-state index in [-0.39, 0.29) is 34.0 Å². The van der Waals surface area contributed by atoms with E-state index in [1.807, 2.05) is 0 Å². The van der Waals surface area contributed by atoms with Crippen LogP contribution in [0.25, 0.3) is 22.3 Å². The Hall–Kier alpha value is -2.81. The molecule has 0 aromatic carbocycles. The number of rotatable bonds is 2. The number of hydrogen-bond donors (Lipinski definition) is 3. The van der Waals surface area contributed by atoms with E-state index in [2.05, 4.69) is 42.2 Å². The van der Waals surface area contributed by atoms with E-state index in [0.29, 0.717) is 0 Å². The molecule has 3 aliphatic heterocycles. The highest BCUT2D eigenvalue weighted by atomic mass is 32.7. The number of halogens is 2. The molecule has 0 unspecified atom stereocenters. The molecule has 3 aliphatic rings. The van der Waals surface area contributed by atoms with Gasteiger partial charge in [0.25, 0.3) is 15.0 Å². The maximum absolute atomic E-state index is 16.0. The number of nitrogens with zero attached hydrogens (tertiary/aromatic N) is 8. The van der Waals surface area contributed by atoms with Crippen LogP contribution in [0.3, 0.4) is 0 Å². The quantitative estimate of drug-likeness (QED) is 0.152. The molecule has 0 aliphatic carbocycles. The second-order valence-electron chi connectivity index (χ2n) is 10.2. The van der Waals surface area contributed by atoms with E-state index >= 15 is 8.78 Å². The topological polar surface area (TPSA) is 229 Å². The van der Waals surface area contributed by atoms with Gasteiger partial charge in [-0.2, -0.15) is 0 Å². The average molecular weight is 674 g/mol. The van der Waals surface area contributed by atoms with Crippen molar-refractivity contribution in [2.45, 2.75) is 49.2 Å². The summed E-state index contributed by atoms with van der Waals surface area (Å²) in [4.78, 5) is 24.1. The minimum absolute atomic E-state index is 0.0605. The molecular formula is C20H23BF2N10O8P2S. The van der Waals surface area contributed by atoms with Crippen LogP contribution in [0.15, 0.2) is 25.3 Å². The summed E-state index contributed by atoms with van der Waals surface area (Å²) in [6, 6.07) is 0. The molecule has 3 saturated heterocycles. The van der Waals surface area contributed by atoms with Gasteiger partial charge in [0.15, 0.2) is 47.7 Å². The Kier molecular flexibility index (Phi) is 7.42. The number of imidazole rings is 2. The minimum atomic E-state index is -4.37. The van der Waals surface area contributed by atoms with Gasteiger partial charge in [-0.25, -0.2) is 43.2 Å². The van der Waals surface area contributed by atoms with Crippen molar-refractivity contribution in [2.24, 2.45) is 0 Å². The molecular weight excluding hydrogens is 651 g/mol. The van der Waals surface area contributed by atoms with Gasteiger partial charge in [-0.15, -0.1) is 0 Å². The molecule has 234 valence electrons. The number of nitrogen functional groups attached to an aromatic ring is 2. The molecule has 0 saturated carbocycles. The molecule has 0 radical (unpaired) electrons. The van der Waals surface area contributed by atoms with E-state index in [1.54, 1.807) is 0 Å². The average Bonchev–Trinajstić information content (AvgIpc) is 3.73. The zero-order chi connectivity index (χ0) is 31.0. The number of aromatic nitrogens is 8. The fourth-order valence-electron chi connectivity index (χ4n) is 5.28. The highest BCUT2D eigenvalue weighted by Crippen LogP contribution is 2.58. The SMILES string of the molecule is B[P@@]1(=O)OC[C@H]2O[C@@H](n3cnc4c(N)ncnc43)[C@H](F)[C@@H]2O[P@@](=O)(S)OC[C@H]2O[C@@H](n3cnc4c(N)ncnc43)[C@H](F)[C@@H]2O1. The Morgan fingerprint density at radius 3 is 1.80 bits per heavy atom. The van der Waals surface area contributed by atoms with Gasteiger partial charge in [0.05, 0.1) is 25.9 Å². The van der Waals surface area contributed by atoms with Crippen molar-refractivity contribution in [1.82, 2.24) is 39.0 Å². The number of hydrogen-bond acceptors (Lipinski definition) is 16. The maximum Gasteiger partial charge on any atom is 0.386 e. The number of alkyl halides is 2. The van der Waals surface area contributed by atoms with Gasteiger partial charge < -0.3 is 30.0 Å². The molecule has 7 rings (SSSR count). The van der Waals surface area contributed by atoms with E-state index in [4.69, 9.17) is 39.0 Å². The van der Waals surface area contributed by atoms with Crippen molar-refractivity contribution in [3.05, 3.63) is 25.3 Å². The largest absolute Gasteiger partial charge is 0.386 e. The van der Waals surface area contributed by atoms with Gasteiger partial charge in [0.2, 0.25) is 0 Å². The van der Waals surface area contributed by atoms with Crippen molar-refractivity contribution in [3.63, 3.8) is 0 Å². The van der Waals surface area contributed by atoms with Crippen LogP contribution in [0.5, 0.6) is 0 Å². The van der Waals surface area contributed by atoms with Crippen LogP contribution < -0.4 is 11.5 Å². The Labute approximate surface area is 251 Å². The summed E-state index contributed by atoms with van der Waals surface area (Å²) in [7, 11) is -2.97. The Bertz CT molecular complexity index is 1710. The van der Waals surface area contributed by atoms with E-state index in [1.165, 1.54) is 34.4 Å². The zero-order valence-corrected chi connectivity index (χ0v) is 25.1. The van der Waals surface area contributed by atoms with E-state index in [9.17, 15) is 9.13 Å². The van der Waals surface area contributed by atoms with Gasteiger partial charge in [-0.3, -0.25) is 22.7 Å². The first-order valence-electron chi connectivity index (χ1n) is 12.9. The molecule has 0 spiro atoms. The van der Waals surface area contributed by atoms with Crippen LogP contribution in [0.1, 0.15) is 12.5 Å². The fourth-order valence-corrected chi connectivity index (χ4v) is 7.94. The lowest BCUT2D eigenvalue weighted by atomic mass is 10.1. The Morgan fingerprint density at radius 2 is 1.27 bits per heavy atom. The van der Waals surface area contributed by atoms with Gasteiger partial charge in [0.1, 0.15) is 48.1 Å². The van der Waals surface area contributed by atoms with Crippen LogP contribution in [0.2, 0.25) is 0 Å². The van der Waals surface area contributed by atoms with Crippen LogP contribution in [-0.2, 0) is 36.7 Å². The number of fused-ring (bicyclic) bond motifs is 4. The van der Waals surface area contributed by atoms with Crippen LogP contribution >= 0.6 is 26.5 Å². The van der Waals surface area contributed by atoms with Crippen molar-refractivity contribution in [2.75, 3.05) is 24.7 Å². The van der Waals surface area contributed by atoms with Crippen LogP contribution in [-0.4, -0.2) is 96.6 Å². The van der Waals surface area contributed by atoms with Crippen molar-refractivity contribution in [3.8, 4) is 0 Å². The molecule has 3 fully saturated rings. The number of thiol groups is 1. The fraction of sp³-hybridized carbons (Fsp3) is 0.500. The molecule has 44 heavy (non-hydrogen) atoms. The first-order chi connectivity index (χ1) is 20.9. The monoisotopic (exact) mass is 674 g/mol. The molecule has 7 heterocycles. The molecule has 4 aromatic rings. The lowest BCUT2D eigenvalue weighted by Gasteiger charge is -2.29. The number of nitrogens with two attached hydrogens (primary N) is 2. The molecule has 0 amide bonds. The van der Waals surface area contributed by atoms with Gasteiger partial charge in [-0.05, 0) is 0 Å². The highest BCUT2D eigenvalue weighted by Gasteiger charge is 2.54. The van der Waals surface area contributed by atoms with E-state index in [0.717, 1.165) is 7.57 Å². The van der Waals surface area contributed by atoms with Crippen molar-refractivity contribution >= 4 is 68.0 Å². The van der Waals surface area contributed by atoms with Crippen LogP contribution in [0.4, 0.5) is 20.4 Å². The predicted molar refractivity (Wildman–Crippen MR) is 151 cm³/mol. The summed E-state index contributed by atoms with van der Waals surface area (Å²) in [6.07, 6.45) is -7.72. The van der Waals surface area contributed by atoms with Crippen molar-refractivity contribution in [1.29, 1.82) is 0 Å². The van der Waals surface area contributed by atoms with E-state index < -0.39 is 76.7 Å². The molecule has 18 nitrogen and oxygen atoms in total. The summed E-state index contributed by atoms with van der Waals surface area (Å²) < 4.78 is 95.1. The molecule has 4 aromatic heterocycles. The van der Waals surface area contributed by atoms with Crippen LogP contribution in [0, 0.1) is 0 Å². The van der Waals surface area contributed by atoms with Gasteiger partial charge in [-0.1, -0.05) is 12.2 Å². The Balaban J connectivity index is 1.17. The third-order valence-electron chi connectivity index (χ3n) is 7.30. The molecule has 4 N–H and O–H groups in total. The first-order valence-corrected chi connectivity index (χ1v) is 17.6. The summed E-state index contributed by atoms with van der Waals surface area (Å²) in [5.41, 5.74) is 12.4. The summed E-state index contributed by atoms with van der Waals surface area (Å²) in [6.45, 7) is -5.56. The Morgan fingerprint density at radius 1 is 0.795 bits per heavy atom. The lowest BCUT2D eigenvalue weighted by Crippen LogP contribution is -2.37.